The van der Waals surface area contributed by atoms with Crippen molar-refractivity contribution in [2.24, 2.45) is 5.92 Å². The van der Waals surface area contributed by atoms with Crippen molar-refractivity contribution in [3.05, 3.63) is 11.7 Å². The van der Waals surface area contributed by atoms with E-state index in [0.717, 1.165) is 25.9 Å². The molecule has 0 radical (unpaired) electrons. The number of ether oxygens (including phenoxy) is 1. The molecule has 2 atom stereocenters. The Hall–Kier alpha value is -1.43. The number of carbonyl (C=O) groups excluding carboxylic acids is 1. The van der Waals surface area contributed by atoms with E-state index in [1.165, 1.54) is 0 Å². The van der Waals surface area contributed by atoms with Crippen LogP contribution in [0.1, 0.15) is 57.7 Å². The molecule has 1 aromatic rings. The zero-order valence-electron chi connectivity index (χ0n) is 13.1. The average molecular weight is 295 g/mol. The van der Waals surface area contributed by atoms with Crippen molar-refractivity contribution in [1.82, 2.24) is 15.5 Å². The van der Waals surface area contributed by atoms with E-state index in [1.807, 2.05) is 0 Å². The number of nitrogens with zero attached hydrogens (tertiary/aromatic N) is 2. The molecule has 0 unspecified atom stereocenters. The summed E-state index contributed by atoms with van der Waals surface area (Å²) in [5, 5.41) is 6.77. The summed E-state index contributed by atoms with van der Waals surface area (Å²) < 4.78 is 11.1. The fourth-order valence-electron chi connectivity index (χ4n) is 2.63. The summed E-state index contributed by atoms with van der Waals surface area (Å²) in [5.74, 6) is 1.55. The number of nitrogens with one attached hydrogen (secondary N) is 1. The Balaban J connectivity index is 1.90. The first-order valence-corrected chi connectivity index (χ1v) is 7.82. The molecule has 1 aliphatic heterocycles. The fraction of sp³-hybridized carbons (Fsp3) is 0.800. The van der Waals surface area contributed by atoms with Crippen LogP contribution < -0.4 is 5.32 Å². The van der Waals surface area contributed by atoms with Gasteiger partial charge >= 0.3 is 0 Å². The molecule has 118 valence electrons. The number of hydrogen-bond acceptors (Lipinski definition) is 5. The second-order valence-corrected chi connectivity index (χ2v) is 5.90. The van der Waals surface area contributed by atoms with Gasteiger partial charge in [-0.1, -0.05) is 32.3 Å². The van der Waals surface area contributed by atoms with Gasteiger partial charge in [0.15, 0.2) is 5.82 Å². The lowest BCUT2D eigenvalue weighted by Gasteiger charge is -2.18. The Labute approximate surface area is 125 Å². The molecule has 1 aliphatic rings. The molecule has 1 saturated heterocycles. The van der Waals surface area contributed by atoms with Gasteiger partial charge in [-0.05, 0) is 18.8 Å². The molecule has 1 N–H and O–H groups in total. The van der Waals surface area contributed by atoms with Crippen LogP contribution in [0.5, 0.6) is 0 Å². The summed E-state index contributed by atoms with van der Waals surface area (Å²) >= 11 is 0. The summed E-state index contributed by atoms with van der Waals surface area (Å²) in [6.45, 7) is 7.77. The van der Waals surface area contributed by atoms with E-state index < -0.39 is 0 Å². The van der Waals surface area contributed by atoms with Crippen molar-refractivity contribution in [3.8, 4) is 0 Å². The standard InChI is InChI=1S/C15H25N3O3/c1-4-5-7-16-13(19)9-12-17-15(21-18-12)11-6-8-20-14(11)10(2)3/h10-11,14H,4-9H2,1-3H3,(H,16,19)/t11-,14-/m0/s1. The Morgan fingerprint density at radius 2 is 2.29 bits per heavy atom. The van der Waals surface area contributed by atoms with Gasteiger partial charge in [0, 0.05) is 13.2 Å². The lowest BCUT2D eigenvalue weighted by atomic mass is 9.93. The molecule has 2 heterocycles. The Morgan fingerprint density at radius 3 is 3.00 bits per heavy atom. The zero-order valence-corrected chi connectivity index (χ0v) is 13.1. The van der Waals surface area contributed by atoms with Crippen LogP contribution in [0, 0.1) is 5.92 Å². The average Bonchev–Trinajstić information content (AvgIpc) is 3.06. The second-order valence-electron chi connectivity index (χ2n) is 5.90. The van der Waals surface area contributed by atoms with Crippen LogP contribution in [0.2, 0.25) is 0 Å². The van der Waals surface area contributed by atoms with E-state index >= 15 is 0 Å². The van der Waals surface area contributed by atoms with Crippen LogP contribution in [0.3, 0.4) is 0 Å². The second kappa shape index (κ2) is 7.54. The smallest absolute Gasteiger partial charge is 0.232 e. The number of aromatic nitrogens is 2. The van der Waals surface area contributed by atoms with Crippen molar-refractivity contribution in [2.45, 2.75) is 58.5 Å². The first kappa shape index (κ1) is 15.9. The SMILES string of the molecule is CCCCNC(=O)Cc1noc([C@H]2CCO[C@H]2C(C)C)n1. The predicted octanol–water partition coefficient (Wildman–Crippen LogP) is 2.06. The van der Waals surface area contributed by atoms with Crippen molar-refractivity contribution in [2.75, 3.05) is 13.2 Å². The highest BCUT2D eigenvalue weighted by atomic mass is 16.5. The minimum Gasteiger partial charge on any atom is -0.377 e. The Kier molecular flexibility index (Phi) is 5.73. The van der Waals surface area contributed by atoms with Gasteiger partial charge in [-0.2, -0.15) is 4.98 Å². The lowest BCUT2D eigenvalue weighted by Crippen LogP contribution is -2.26. The molecule has 0 aliphatic carbocycles. The van der Waals surface area contributed by atoms with Gasteiger partial charge in [-0.3, -0.25) is 4.79 Å². The van der Waals surface area contributed by atoms with Crippen LogP contribution in [0.4, 0.5) is 0 Å². The van der Waals surface area contributed by atoms with Crippen LogP contribution in [-0.2, 0) is 16.0 Å². The number of rotatable bonds is 7. The molecule has 6 nitrogen and oxygen atoms in total. The van der Waals surface area contributed by atoms with Crippen molar-refractivity contribution in [3.63, 3.8) is 0 Å². The van der Waals surface area contributed by atoms with E-state index in [2.05, 4.69) is 36.2 Å². The molecule has 1 amide bonds. The Morgan fingerprint density at radius 1 is 1.48 bits per heavy atom. The quantitative estimate of drug-likeness (QED) is 0.779. The highest BCUT2D eigenvalue weighted by Gasteiger charge is 2.35. The van der Waals surface area contributed by atoms with Gasteiger partial charge in [-0.15, -0.1) is 0 Å². The molecular formula is C15H25N3O3. The van der Waals surface area contributed by atoms with Crippen molar-refractivity contribution < 1.29 is 14.1 Å². The normalized spacial score (nSPS) is 21.9. The van der Waals surface area contributed by atoms with E-state index in [0.29, 0.717) is 24.2 Å². The largest absolute Gasteiger partial charge is 0.377 e. The minimum atomic E-state index is -0.0566. The number of amides is 1. The van der Waals surface area contributed by atoms with Crippen LogP contribution in [-0.4, -0.2) is 35.3 Å². The Bertz CT molecular complexity index is 459. The van der Waals surface area contributed by atoms with E-state index in [-0.39, 0.29) is 24.3 Å². The maximum atomic E-state index is 11.7. The molecule has 1 aromatic heterocycles. The van der Waals surface area contributed by atoms with Gasteiger partial charge in [0.1, 0.15) is 0 Å². The molecule has 2 rings (SSSR count). The van der Waals surface area contributed by atoms with Crippen LogP contribution in [0.15, 0.2) is 4.52 Å². The van der Waals surface area contributed by atoms with Crippen molar-refractivity contribution >= 4 is 5.91 Å². The molecule has 0 aromatic carbocycles. The molecule has 6 heteroatoms. The van der Waals surface area contributed by atoms with E-state index in [1.54, 1.807) is 0 Å². The topological polar surface area (TPSA) is 77.2 Å². The number of unbranched alkanes of at least 4 members (excludes halogenated alkanes) is 1. The highest BCUT2D eigenvalue weighted by Crippen LogP contribution is 2.34. The van der Waals surface area contributed by atoms with Crippen LogP contribution in [0.25, 0.3) is 0 Å². The first-order chi connectivity index (χ1) is 10.1. The number of carbonyl (C=O) groups is 1. The first-order valence-electron chi connectivity index (χ1n) is 7.82. The molecule has 1 fully saturated rings. The third kappa shape index (κ3) is 4.27. The highest BCUT2D eigenvalue weighted by molar-refractivity contribution is 5.77. The maximum Gasteiger partial charge on any atom is 0.232 e. The maximum absolute atomic E-state index is 11.7. The van der Waals surface area contributed by atoms with Gasteiger partial charge in [0.2, 0.25) is 11.8 Å². The van der Waals surface area contributed by atoms with Gasteiger partial charge < -0.3 is 14.6 Å². The summed E-state index contributed by atoms with van der Waals surface area (Å²) in [6, 6.07) is 0. The fourth-order valence-corrected chi connectivity index (χ4v) is 2.63. The number of hydrogen-bond donors (Lipinski definition) is 1. The molecular weight excluding hydrogens is 270 g/mol. The summed E-state index contributed by atoms with van der Waals surface area (Å²) in [6.07, 6.45) is 3.24. The lowest BCUT2D eigenvalue weighted by molar-refractivity contribution is -0.120. The summed E-state index contributed by atoms with van der Waals surface area (Å²) in [7, 11) is 0. The van der Waals surface area contributed by atoms with Crippen LogP contribution >= 0.6 is 0 Å². The predicted molar refractivity (Wildman–Crippen MR) is 77.9 cm³/mol. The molecule has 0 bridgehead atoms. The van der Waals surface area contributed by atoms with E-state index in [9.17, 15) is 4.79 Å². The zero-order chi connectivity index (χ0) is 15.2. The molecule has 0 spiro atoms. The molecule has 0 saturated carbocycles. The summed E-state index contributed by atoms with van der Waals surface area (Å²) in [5.41, 5.74) is 0. The molecule has 21 heavy (non-hydrogen) atoms. The summed E-state index contributed by atoms with van der Waals surface area (Å²) in [4.78, 5) is 16.1. The minimum absolute atomic E-state index is 0.0566. The third-order valence-corrected chi connectivity index (χ3v) is 3.76. The van der Waals surface area contributed by atoms with Gasteiger partial charge in [0.25, 0.3) is 0 Å². The van der Waals surface area contributed by atoms with Crippen molar-refractivity contribution in [1.29, 1.82) is 0 Å². The van der Waals surface area contributed by atoms with Gasteiger partial charge in [0.05, 0.1) is 18.4 Å². The van der Waals surface area contributed by atoms with E-state index in [4.69, 9.17) is 9.26 Å². The third-order valence-electron chi connectivity index (χ3n) is 3.76. The monoisotopic (exact) mass is 295 g/mol. The van der Waals surface area contributed by atoms with Gasteiger partial charge in [-0.25, -0.2) is 0 Å².